The fourth-order valence-corrected chi connectivity index (χ4v) is 2.03. The fraction of sp³-hybridized carbons (Fsp3) is 0.571. The van der Waals surface area contributed by atoms with Gasteiger partial charge in [0, 0.05) is 19.3 Å². The molecule has 0 aromatic heterocycles. The molecule has 120 valence electrons. The number of aliphatic hydroxyl groups excluding tert-OH is 1. The number of hydrogen-bond donors (Lipinski definition) is 2. The molecule has 0 aliphatic rings. The van der Waals surface area contributed by atoms with Crippen LogP contribution in [-0.2, 0) is 9.84 Å². The summed E-state index contributed by atoms with van der Waals surface area (Å²) in [5.41, 5.74) is 0. The van der Waals surface area contributed by atoms with E-state index in [1.165, 1.54) is 6.26 Å². The van der Waals surface area contributed by atoms with Crippen LogP contribution >= 0.6 is 11.6 Å². The minimum Gasteiger partial charge on any atom is -0.489 e. The van der Waals surface area contributed by atoms with Crippen LogP contribution in [0.4, 0.5) is 0 Å². The smallest absolute Gasteiger partial charge is 0.153 e. The van der Waals surface area contributed by atoms with E-state index in [1.807, 2.05) is 0 Å². The topological polar surface area (TPSA) is 75.6 Å². The quantitative estimate of drug-likeness (QED) is 0.753. The Bertz CT molecular complexity index is 560. The maximum atomic E-state index is 11.5. The van der Waals surface area contributed by atoms with Crippen LogP contribution < -0.4 is 10.1 Å². The standard InChI is InChI=1S/C14H22ClNO4S/c1-14(2,21(3,18)19)10-16-8-11(17)9-20-13-7-5-4-6-12(13)15/h4-7,11,16-17H,8-10H2,1-3H3. The molecule has 0 saturated heterocycles. The minimum atomic E-state index is -3.15. The van der Waals surface area contributed by atoms with Gasteiger partial charge in [-0.15, -0.1) is 0 Å². The highest BCUT2D eigenvalue weighted by Crippen LogP contribution is 2.23. The van der Waals surface area contributed by atoms with E-state index in [0.717, 1.165) is 0 Å². The summed E-state index contributed by atoms with van der Waals surface area (Å²) in [5.74, 6) is 0.509. The molecular formula is C14H22ClNO4S. The lowest BCUT2D eigenvalue weighted by Gasteiger charge is -2.23. The number of nitrogens with one attached hydrogen (secondary N) is 1. The van der Waals surface area contributed by atoms with E-state index in [0.29, 0.717) is 10.8 Å². The molecule has 21 heavy (non-hydrogen) atoms. The Morgan fingerprint density at radius 3 is 2.57 bits per heavy atom. The largest absolute Gasteiger partial charge is 0.489 e. The summed E-state index contributed by atoms with van der Waals surface area (Å²) < 4.78 is 27.6. The summed E-state index contributed by atoms with van der Waals surface area (Å²) in [5, 5.41) is 13.2. The summed E-state index contributed by atoms with van der Waals surface area (Å²) in [7, 11) is -3.15. The first-order valence-corrected chi connectivity index (χ1v) is 8.86. The first-order valence-electron chi connectivity index (χ1n) is 6.59. The van der Waals surface area contributed by atoms with Gasteiger partial charge in [0.25, 0.3) is 0 Å². The number of aliphatic hydroxyl groups is 1. The molecule has 1 aromatic rings. The zero-order valence-electron chi connectivity index (χ0n) is 12.5. The van der Waals surface area contributed by atoms with E-state index in [-0.39, 0.29) is 19.7 Å². The molecule has 0 heterocycles. The van der Waals surface area contributed by atoms with Gasteiger partial charge in [-0.2, -0.15) is 0 Å². The van der Waals surface area contributed by atoms with Crippen LogP contribution in [-0.4, -0.2) is 50.3 Å². The molecule has 0 saturated carbocycles. The Morgan fingerprint density at radius 1 is 1.38 bits per heavy atom. The van der Waals surface area contributed by atoms with Crippen molar-refractivity contribution in [2.45, 2.75) is 24.7 Å². The minimum absolute atomic E-state index is 0.0794. The van der Waals surface area contributed by atoms with Gasteiger partial charge in [-0.25, -0.2) is 8.42 Å². The van der Waals surface area contributed by atoms with Gasteiger partial charge < -0.3 is 15.2 Å². The summed E-state index contributed by atoms with van der Waals surface area (Å²) in [6.45, 7) is 3.86. The Labute approximate surface area is 131 Å². The van der Waals surface area contributed by atoms with Crippen LogP contribution in [0.3, 0.4) is 0 Å². The molecule has 0 aliphatic heterocycles. The van der Waals surface area contributed by atoms with Crippen LogP contribution in [0.2, 0.25) is 5.02 Å². The third-order valence-corrected chi connectivity index (χ3v) is 5.67. The highest BCUT2D eigenvalue weighted by molar-refractivity contribution is 7.92. The Morgan fingerprint density at radius 2 is 2.00 bits per heavy atom. The molecule has 0 aliphatic carbocycles. The third-order valence-electron chi connectivity index (χ3n) is 3.20. The number of sulfone groups is 1. The average Bonchev–Trinajstić information content (AvgIpc) is 2.36. The summed E-state index contributed by atoms with van der Waals surface area (Å²) in [6, 6.07) is 7.01. The van der Waals surface area contributed by atoms with Crippen LogP contribution in [0.1, 0.15) is 13.8 Å². The van der Waals surface area contributed by atoms with Crippen molar-refractivity contribution < 1.29 is 18.3 Å². The van der Waals surface area contributed by atoms with Gasteiger partial charge in [0.05, 0.1) is 9.77 Å². The van der Waals surface area contributed by atoms with E-state index in [4.69, 9.17) is 16.3 Å². The summed E-state index contributed by atoms with van der Waals surface area (Å²) in [4.78, 5) is 0. The monoisotopic (exact) mass is 335 g/mol. The van der Waals surface area contributed by atoms with Crippen molar-refractivity contribution in [2.75, 3.05) is 26.0 Å². The molecule has 2 N–H and O–H groups in total. The van der Waals surface area contributed by atoms with Gasteiger partial charge in [-0.05, 0) is 26.0 Å². The van der Waals surface area contributed by atoms with E-state index in [9.17, 15) is 13.5 Å². The molecule has 7 heteroatoms. The van der Waals surface area contributed by atoms with Crippen molar-refractivity contribution >= 4 is 21.4 Å². The maximum Gasteiger partial charge on any atom is 0.153 e. The lowest BCUT2D eigenvalue weighted by molar-refractivity contribution is 0.106. The lowest BCUT2D eigenvalue weighted by atomic mass is 10.2. The second kappa shape index (κ2) is 7.45. The highest BCUT2D eigenvalue weighted by Gasteiger charge is 2.29. The summed E-state index contributed by atoms with van der Waals surface area (Å²) in [6.07, 6.45) is 0.447. The number of ether oxygens (including phenoxy) is 1. The van der Waals surface area contributed by atoms with E-state index < -0.39 is 20.7 Å². The molecule has 0 radical (unpaired) electrons. The van der Waals surface area contributed by atoms with Gasteiger partial charge in [0.2, 0.25) is 0 Å². The maximum absolute atomic E-state index is 11.5. The number of rotatable bonds is 8. The first kappa shape index (κ1) is 18.2. The molecule has 1 atom stereocenters. The molecule has 5 nitrogen and oxygen atoms in total. The second-order valence-corrected chi connectivity index (χ2v) is 8.61. The van der Waals surface area contributed by atoms with Crippen molar-refractivity contribution in [3.63, 3.8) is 0 Å². The van der Waals surface area contributed by atoms with Crippen LogP contribution in [0.5, 0.6) is 5.75 Å². The predicted octanol–water partition coefficient (Wildman–Crippen LogP) is 1.49. The van der Waals surface area contributed by atoms with Crippen molar-refractivity contribution in [3.8, 4) is 5.75 Å². The molecule has 1 aromatic carbocycles. The van der Waals surface area contributed by atoms with Crippen LogP contribution in [0, 0.1) is 0 Å². The van der Waals surface area contributed by atoms with Crippen molar-refractivity contribution in [1.29, 1.82) is 0 Å². The van der Waals surface area contributed by atoms with Gasteiger partial charge in [0.1, 0.15) is 18.5 Å². The number of benzene rings is 1. The molecule has 1 unspecified atom stereocenters. The van der Waals surface area contributed by atoms with E-state index >= 15 is 0 Å². The molecule has 0 spiro atoms. The SMILES string of the molecule is CC(C)(CNCC(O)COc1ccccc1Cl)S(C)(=O)=O. The summed E-state index contributed by atoms with van der Waals surface area (Å²) >= 11 is 5.93. The van der Waals surface area contributed by atoms with Gasteiger partial charge in [-0.3, -0.25) is 0 Å². The average molecular weight is 336 g/mol. The van der Waals surface area contributed by atoms with Gasteiger partial charge in [-0.1, -0.05) is 23.7 Å². The van der Waals surface area contributed by atoms with Crippen LogP contribution in [0.15, 0.2) is 24.3 Å². The number of hydrogen-bond acceptors (Lipinski definition) is 5. The Balaban J connectivity index is 2.36. The predicted molar refractivity (Wildman–Crippen MR) is 84.7 cm³/mol. The van der Waals surface area contributed by atoms with E-state index in [1.54, 1.807) is 38.1 Å². The Hall–Kier alpha value is -0.820. The lowest BCUT2D eigenvalue weighted by Crippen LogP contribution is -2.44. The normalized spacial score (nSPS) is 14.0. The molecule has 0 fully saturated rings. The second-order valence-electron chi connectivity index (χ2n) is 5.56. The van der Waals surface area contributed by atoms with Crippen LogP contribution in [0.25, 0.3) is 0 Å². The fourth-order valence-electron chi connectivity index (χ4n) is 1.48. The molecular weight excluding hydrogens is 314 g/mol. The zero-order valence-corrected chi connectivity index (χ0v) is 14.0. The molecule has 0 amide bonds. The van der Waals surface area contributed by atoms with Gasteiger partial charge >= 0.3 is 0 Å². The van der Waals surface area contributed by atoms with Gasteiger partial charge in [0.15, 0.2) is 9.84 Å². The zero-order chi connectivity index (χ0) is 16.1. The Kier molecular flexibility index (Phi) is 6.46. The van der Waals surface area contributed by atoms with E-state index in [2.05, 4.69) is 5.32 Å². The van der Waals surface area contributed by atoms with Crippen molar-refractivity contribution in [2.24, 2.45) is 0 Å². The first-order chi connectivity index (χ1) is 9.63. The van der Waals surface area contributed by atoms with Crippen molar-refractivity contribution in [3.05, 3.63) is 29.3 Å². The molecule has 0 bridgehead atoms. The molecule has 1 rings (SSSR count). The van der Waals surface area contributed by atoms with Crippen molar-refractivity contribution in [1.82, 2.24) is 5.32 Å². The highest BCUT2D eigenvalue weighted by atomic mass is 35.5. The third kappa shape index (κ3) is 5.82. The number of para-hydroxylation sites is 1. The number of halogens is 1.